The minimum Gasteiger partial charge on any atom is -0.449 e. The van der Waals surface area contributed by atoms with E-state index in [1.807, 2.05) is 43.3 Å². The van der Waals surface area contributed by atoms with Gasteiger partial charge in [-0.15, -0.1) is 0 Å². The van der Waals surface area contributed by atoms with Gasteiger partial charge in [0.1, 0.15) is 0 Å². The van der Waals surface area contributed by atoms with E-state index in [1.165, 1.54) is 0 Å². The van der Waals surface area contributed by atoms with Gasteiger partial charge in [0.15, 0.2) is 0 Å². The quantitative estimate of drug-likeness (QED) is 0.802. The molecule has 6 nitrogen and oxygen atoms in total. The first-order valence-electron chi connectivity index (χ1n) is 6.83. The summed E-state index contributed by atoms with van der Waals surface area (Å²) >= 11 is 0. The third kappa shape index (κ3) is 4.83. The minimum absolute atomic E-state index is 0.376. The first-order valence-corrected chi connectivity index (χ1v) is 6.83. The predicted octanol–water partition coefficient (Wildman–Crippen LogP) is 2.66. The van der Waals surface area contributed by atoms with Gasteiger partial charge in [0.2, 0.25) is 0 Å². The standard InChI is InChI=1S/C15H20N4O2/c1-19(2)14-7-5-12(6-8-14)18-15(20)21-9-3-4-13-10-16-11-17-13/h5-8,10-11H,3-4,9H2,1-2H3,(H,16,17)(H,18,20). The molecule has 0 aliphatic carbocycles. The highest BCUT2D eigenvalue weighted by atomic mass is 16.5. The van der Waals surface area contributed by atoms with E-state index < -0.39 is 6.09 Å². The number of aromatic amines is 1. The van der Waals surface area contributed by atoms with Gasteiger partial charge in [-0.25, -0.2) is 9.78 Å². The van der Waals surface area contributed by atoms with Crippen molar-refractivity contribution in [1.82, 2.24) is 9.97 Å². The Morgan fingerprint density at radius 2 is 2.10 bits per heavy atom. The molecule has 1 aromatic carbocycles. The van der Waals surface area contributed by atoms with E-state index >= 15 is 0 Å². The summed E-state index contributed by atoms with van der Waals surface area (Å²) < 4.78 is 5.13. The molecule has 1 amide bonds. The first kappa shape index (κ1) is 14.9. The van der Waals surface area contributed by atoms with Gasteiger partial charge >= 0.3 is 6.09 Å². The van der Waals surface area contributed by atoms with E-state index in [0.717, 1.165) is 29.9 Å². The summed E-state index contributed by atoms with van der Waals surface area (Å²) in [5.41, 5.74) is 2.84. The van der Waals surface area contributed by atoms with E-state index in [2.05, 4.69) is 15.3 Å². The molecule has 2 rings (SSSR count). The number of nitrogens with one attached hydrogen (secondary N) is 2. The topological polar surface area (TPSA) is 70.2 Å². The number of carbonyl (C=O) groups is 1. The van der Waals surface area contributed by atoms with Crippen molar-refractivity contribution in [3.63, 3.8) is 0 Å². The fourth-order valence-corrected chi connectivity index (χ4v) is 1.85. The highest BCUT2D eigenvalue weighted by Crippen LogP contribution is 2.15. The molecule has 0 aliphatic rings. The van der Waals surface area contributed by atoms with Crippen molar-refractivity contribution in [2.75, 3.05) is 30.9 Å². The molecule has 0 atom stereocenters. The lowest BCUT2D eigenvalue weighted by Crippen LogP contribution is -2.15. The molecule has 21 heavy (non-hydrogen) atoms. The predicted molar refractivity (Wildman–Crippen MR) is 82.6 cm³/mol. The summed E-state index contributed by atoms with van der Waals surface area (Å²) in [4.78, 5) is 20.6. The average molecular weight is 288 g/mol. The van der Waals surface area contributed by atoms with Crippen LogP contribution in [-0.4, -0.2) is 36.8 Å². The second kappa shape index (κ2) is 7.33. The van der Waals surface area contributed by atoms with Crippen LogP contribution in [0.15, 0.2) is 36.8 Å². The number of imidazole rings is 1. The van der Waals surface area contributed by atoms with Crippen molar-refractivity contribution in [3.05, 3.63) is 42.5 Å². The number of nitrogens with zero attached hydrogens (tertiary/aromatic N) is 2. The second-order valence-corrected chi connectivity index (χ2v) is 4.88. The number of aryl methyl sites for hydroxylation is 1. The molecule has 0 radical (unpaired) electrons. The van der Waals surface area contributed by atoms with E-state index in [9.17, 15) is 4.79 Å². The summed E-state index contributed by atoms with van der Waals surface area (Å²) in [6, 6.07) is 7.57. The van der Waals surface area contributed by atoms with Crippen LogP contribution in [0.3, 0.4) is 0 Å². The zero-order valence-electron chi connectivity index (χ0n) is 12.3. The Morgan fingerprint density at radius 1 is 1.33 bits per heavy atom. The number of hydrogen-bond acceptors (Lipinski definition) is 4. The molecular formula is C15H20N4O2. The maximum atomic E-state index is 11.6. The van der Waals surface area contributed by atoms with Crippen LogP contribution >= 0.6 is 0 Å². The number of H-pyrrole nitrogens is 1. The first-order chi connectivity index (χ1) is 10.1. The SMILES string of the molecule is CN(C)c1ccc(NC(=O)OCCCc2cnc[nH]2)cc1. The Hall–Kier alpha value is -2.50. The molecule has 0 spiro atoms. The zero-order chi connectivity index (χ0) is 15.1. The van der Waals surface area contributed by atoms with Crippen LogP contribution in [0.4, 0.5) is 16.2 Å². The highest BCUT2D eigenvalue weighted by Gasteiger charge is 2.04. The number of rotatable bonds is 6. The fraction of sp³-hybridized carbons (Fsp3) is 0.333. The lowest BCUT2D eigenvalue weighted by Gasteiger charge is -2.13. The van der Waals surface area contributed by atoms with Crippen molar-refractivity contribution in [2.45, 2.75) is 12.8 Å². The molecule has 0 unspecified atom stereocenters. The van der Waals surface area contributed by atoms with Gasteiger partial charge < -0.3 is 14.6 Å². The monoisotopic (exact) mass is 288 g/mol. The Balaban J connectivity index is 1.69. The van der Waals surface area contributed by atoms with Crippen LogP contribution in [0.2, 0.25) is 0 Å². The van der Waals surface area contributed by atoms with Crippen molar-refractivity contribution in [3.8, 4) is 0 Å². The summed E-state index contributed by atoms with van der Waals surface area (Å²) in [7, 11) is 3.94. The second-order valence-electron chi connectivity index (χ2n) is 4.88. The van der Waals surface area contributed by atoms with Gasteiger partial charge in [-0.3, -0.25) is 5.32 Å². The van der Waals surface area contributed by atoms with E-state index in [-0.39, 0.29) is 0 Å². The molecule has 0 aliphatic heterocycles. The number of ether oxygens (including phenoxy) is 1. The lowest BCUT2D eigenvalue weighted by atomic mass is 10.2. The zero-order valence-corrected chi connectivity index (χ0v) is 12.3. The van der Waals surface area contributed by atoms with E-state index in [1.54, 1.807) is 12.5 Å². The molecule has 6 heteroatoms. The molecule has 0 saturated heterocycles. The van der Waals surface area contributed by atoms with Crippen LogP contribution in [0.25, 0.3) is 0 Å². The van der Waals surface area contributed by atoms with Gasteiger partial charge in [0, 0.05) is 37.4 Å². The third-order valence-corrected chi connectivity index (χ3v) is 3.01. The van der Waals surface area contributed by atoms with E-state index in [4.69, 9.17) is 4.74 Å². The van der Waals surface area contributed by atoms with Gasteiger partial charge in [0.25, 0.3) is 0 Å². The smallest absolute Gasteiger partial charge is 0.411 e. The molecule has 0 fully saturated rings. The fourth-order valence-electron chi connectivity index (χ4n) is 1.85. The Labute approximate surface area is 124 Å². The summed E-state index contributed by atoms with van der Waals surface area (Å²) in [6.07, 6.45) is 4.55. The van der Waals surface area contributed by atoms with E-state index in [0.29, 0.717) is 6.61 Å². The Bertz CT molecular complexity index is 550. The van der Waals surface area contributed by atoms with Crippen LogP contribution in [0.5, 0.6) is 0 Å². The largest absolute Gasteiger partial charge is 0.449 e. The molecular weight excluding hydrogens is 268 g/mol. The number of benzene rings is 1. The summed E-state index contributed by atoms with van der Waals surface area (Å²) in [6.45, 7) is 0.376. The van der Waals surface area contributed by atoms with Crippen molar-refractivity contribution < 1.29 is 9.53 Å². The minimum atomic E-state index is -0.433. The van der Waals surface area contributed by atoms with Gasteiger partial charge in [-0.1, -0.05) is 0 Å². The number of aromatic nitrogens is 2. The van der Waals surface area contributed by atoms with Crippen LogP contribution < -0.4 is 10.2 Å². The number of anilines is 2. The number of hydrogen-bond donors (Lipinski definition) is 2. The molecule has 1 heterocycles. The normalized spacial score (nSPS) is 10.2. The average Bonchev–Trinajstić information content (AvgIpc) is 2.97. The maximum absolute atomic E-state index is 11.6. The van der Waals surface area contributed by atoms with Crippen molar-refractivity contribution in [2.24, 2.45) is 0 Å². The lowest BCUT2D eigenvalue weighted by molar-refractivity contribution is 0.160. The molecule has 1 aromatic heterocycles. The van der Waals surface area contributed by atoms with Gasteiger partial charge in [0.05, 0.1) is 12.9 Å². The number of amides is 1. The van der Waals surface area contributed by atoms with Crippen LogP contribution in [0.1, 0.15) is 12.1 Å². The molecule has 0 saturated carbocycles. The number of carbonyl (C=O) groups excluding carboxylic acids is 1. The molecule has 0 bridgehead atoms. The summed E-state index contributed by atoms with van der Waals surface area (Å²) in [5.74, 6) is 0. The Kier molecular flexibility index (Phi) is 5.20. The van der Waals surface area contributed by atoms with Crippen LogP contribution in [0, 0.1) is 0 Å². The molecule has 2 N–H and O–H groups in total. The molecule has 112 valence electrons. The highest BCUT2D eigenvalue weighted by molar-refractivity contribution is 5.84. The third-order valence-electron chi connectivity index (χ3n) is 3.01. The van der Waals surface area contributed by atoms with Crippen LogP contribution in [-0.2, 0) is 11.2 Å². The molecule has 2 aromatic rings. The maximum Gasteiger partial charge on any atom is 0.411 e. The van der Waals surface area contributed by atoms with Crippen molar-refractivity contribution >= 4 is 17.5 Å². The summed E-state index contributed by atoms with van der Waals surface area (Å²) in [5, 5.41) is 2.70. The van der Waals surface area contributed by atoms with Crippen molar-refractivity contribution in [1.29, 1.82) is 0 Å². The van der Waals surface area contributed by atoms with Gasteiger partial charge in [-0.2, -0.15) is 0 Å². The van der Waals surface area contributed by atoms with Gasteiger partial charge in [-0.05, 0) is 37.1 Å². The Morgan fingerprint density at radius 3 is 2.71 bits per heavy atom.